The maximum absolute atomic E-state index is 11.7. The SMILES string of the molecule is C=C1C(=O)OC2C3=C(C)CCC3C(C)(O)CCC12. The van der Waals surface area contributed by atoms with Crippen molar-refractivity contribution in [3.8, 4) is 0 Å². The average molecular weight is 248 g/mol. The van der Waals surface area contributed by atoms with Crippen molar-refractivity contribution in [2.24, 2.45) is 11.8 Å². The molecule has 1 saturated carbocycles. The minimum absolute atomic E-state index is 0.0667. The maximum atomic E-state index is 11.7. The molecule has 0 aromatic carbocycles. The molecule has 0 bridgehead atoms. The highest BCUT2D eigenvalue weighted by Gasteiger charge is 2.51. The second kappa shape index (κ2) is 3.70. The third-order valence-electron chi connectivity index (χ3n) is 5.00. The summed E-state index contributed by atoms with van der Waals surface area (Å²) in [5.74, 6) is -0.0410. The first-order valence-electron chi connectivity index (χ1n) is 6.73. The van der Waals surface area contributed by atoms with Gasteiger partial charge in [-0.2, -0.15) is 0 Å². The molecule has 3 aliphatic rings. The van der Waals surface area contributed by atoms with Crippen molar-refractivity contribution in [2.45, 2.75) is 51.2 Å². The zero-order valence-electron chi connectivity index (χ0n) is 11.0. The summed E-state index contributed by atoms with van der Waals surface area (Å²) in [5.41, 5.74) is 2.38. The van der Waals surface area contributed by atoms with E-state index in [1.54, 1.807) is 0 Å². The summed E-state index contributed by atoms with van der Waals surface area (Å²) in [4.78, 5) is 11.7. The van der Waals surface area contributed by atoms with Gasteiger partial charge in [0.05, 0.1) is 5.60 Å². The highest BCUT2D eigenvalue weighted by molar-refractivity contribution is 5.91. The van der Waals surface area contributed by atoms with E-state index < -0.39 is 5.60 Å². The minimum Gasteiger partial charge on any atom is -0.454 e. The number of carbonyl (C=O) groups is 1. The van der Waals surface area contributed by atoms with Crippen LogP contribution in [-0.2, 0) is 9.53 Å². The summed E-state index contributed by atoms with van der Waals surface area (Å²) in [6.45, 7) is 7.89. The van der Waals surface area contributed by atoms with Gasteiger partial charge in [-0.15, -0.1) is 0 Å². The molecular weight excluding hydrogens is 228 g/mol. The summed E-state index contributed by atoms with van der Waals surface area (Å²) in [6.07, 6.45) is 3.32. The van der Waals surface area contributed by atoms with E-state index >= 15 is 0 Å². The van der Waals surface area contributed by atoms with E-state index in [4.69, 9.17) is 4.74 Å². The molecule has 0 amide bonds. The van der Waals surface area contributed by atoms with Crippen molar-refractivity contribution in [3.05, 3.63) is 23.3 Å². The Morgan fingerprint density at radius 3 is 2.89 bits per heavy atom. The third-order valence-corrected chi connectivity index (χ3v) is 5.00. The quantitative estimate of drug-likeness (QED) is 0.406. The van der Waals surface area contributed by atoms with Crippen LogP contribution in [0.25, 0.3) is 0 Å². The van der Waals surface area contributed by atoms with Crippen LogP contribution >= 0.6 is 0 Å². The lowest BCUT2D eigenvalue weighted by Crippen LogP contribution is -2.35. The number of ether oxygens (including phenoxy) is 1. The zero-order chi connectivity index (χ0) is 13.1. The van der Waals surface area contributed by atoms with Crippen LogP contribution in [0.1, 0.15) is 39.5 Å². The van der Waals surface area contributed by atoms with Crippen LogP contribution in [0.15, 0.2) is 23.3 Å². The predicted molar refractivity (Wildman–Crippen MR) is 67.8 cm³/mol. The molecule has 0 aromatic rings. The summed E-state index contributed by atoms with van der Waals surface area (Å²) in [5, 5.41) is 10.6. The van der Waals surface area contributed by atoms with Gasteiger partial charge in [-0.05, 0) is 45.1 Å². The lowest BCUT2D eigenvalue weighted by atomic mass is 9.82. The van der Waals surface area contributed by atoms with E-state index in [9.17, 15) is 9.90 Å². The first-order chi connectivity index (χ1) is 8.42. The van der Waals surface area contributed by atoms with Crippen LogP contribution in [-0.4, -0.2) is 22.8 Å². The Labute approximate surface area is 108 Å². The lowest BCUT2D eigenvalue weighted by Gasteiger charge is -2.31. The summed E-state index contributed by atoms with van der Waals surface area (Å²) >= 11 is 0. The fraction of sp³-hybridized carbons (Fsp3) is 0.667. The van der Waals surface area contributed by atoms with E-state index in [1.807, 2.05) is 6.92 Å². The highest BCUT2D eigenvalue weighted by atomic mass is 16.6. The second-order valence-electron chi connectivity index (χ2n) is 6.18. The molecule has 4 atom stereocenters. The van der Waals surface area contributed by atoms with E-state index in [-0.39, 0.29) is 23.9 Å². The molecule has 2 fully saturated rings. The number of esters is 1. The molecule has 3 heteroatoms. The number of allylic oxidation sites excluding steroid dienone is 1. The molecular formula is C15H20O3. The number of fused-ring (bicyclic) bond motifs is 3. The van der Waals surface area contributed by atoms with Gasteiger partial charge in [0, 0.05) is 17.4 Å². The Kier molecular flexibility index (Phi) is 2.46. The van der Waals surface area contributed by atoms with E-state index in [0.29, 0.717) is 12.0 Å². The number of hydrogen-bond donors (Lipinski definition) is 1. The van der Waals surface area contributed by atoms with Gasteiger partial charge in [-0.25, -0.2) is 4.79 Å². The van der Waals surface area contributed by atoms with Crippen LogP contribution in [0.4, 0.5) is 0 Å². The zero-order valence-corrected chi connectivity index (χ0v) is 11.0. The molecule has 0 spiro atoms. The lowest BCUT2D eigenvalue weighted by molar-refractivity contribution is -0.138. The van der Waals surface area contributed by atoms with Crippen LogP contribution in [0, 0.1) is 11.8 Å². The molecule has 3 rings (SSSR count). The summed E-state index contributed by atoms with van der Waals surface area (Å²) in [7, 11) is 0. The highest BCUT2D eigenvalue weighted by Crippen LogP contribution is 2.51. The Hall–Kier alpha value is -1.09. The van der Waals surface area contributed by atoms with Crippen LogP contribution in [0.2, 0.25) is 0 Å². The van der Waals surface area contributed by atoms with Gasteiger partial charge in [0.15, 0.2) is 0 Å². The molecule has 4 unspecified atom stereocenters. The first kappa shape index (κ1) is 12.0. The first-order valence-corrected chi connectivity index (χ1v) is 6.73. The number of aliphatic hydroxyl groups is 1. The topological polar surface area (TPSA) is 46.5 Å². The van der Waals surface area contributed by atoms with Crippen LogP contribution in [0.5, 0.6) is 0 Å². The molecule has 1 heterocycles. The fourth-order valence-corrected chi connectivity index (χ4v) is 3.88. The summed E-state index contributed by atoms with van der Waals surface area (Å²) in [6, 6.07) is 0. The van der Waals surface area contributed by atoms with Crippen LogP contribution in [0.3, 0.4) is 0 Å². The molecule has 1 saturated heterocycles. The maximum Gasteiger partial charge on any atom is 0.334 e. The Balaban J connectivity index is 2.07. The van der Waals surface area contributed by atoms with Crippen molar-refractivity contribution in [1.82, 2.24) is 0 Å². The molecule has 2 aliphatic carbocycles. The van der Waals surface area contributed by atoms with Crippen molar-refractivity contribution < 1.29 is 14.6 Å². The molecule has 0 aromatic heterocycles. The van der Waals surface area contributed by atoms with Crippen molar-refractivity contribution >= 4 is 5.97 Å². The Morgan fingerprint density at radius 1 is 1.44 bits per heavy atom. The molecule has 98 valence electrons. The Bertz CT molecular complexity index is 458. The van der Waals surface area contributed by atoms with Crippen molar-refractivity contribution in [2.75, 3.05) is 0 Å². The molecule has 1 aliphatic heterocycles. The normalized spacial score (nSPS) is 43.6. The van der Waals surface area contributed by atoms with Gasteiger partial charge in [0.1, 0.15) is 6.10 Å². The van der Waals surface area contributed by atoms with Gasteiger partial charge >= 0.3 is 5.97 Å². The third kappa shape index (κ3) is 1.50. The van der Waals surface area contributed by atoms with Gasteiger partial charge in [0.2, 0.25) is 0 Å². The second-order valence-corrected chi connectivity index (χ2v) is 6.18. The molecule has 0 radical (unpaired) electrons. The molecule has 1 N–H and O–H groups in total. The van der Waals surface area contributed by atoms with Gasteiger partial charge in [0.25, 0.3) is 0 Å². The average Bonchev–Trinajstić information content (AvgIpc) is 2.76. The molecule has 3 nitrogen and oxygen atoms in total. The molecule has 18 heavy (non-hydrogen) atoms. The number of hydrogen-bond acceptors (Lipinski definition) is 3. The van der Waals surface area contributed by atoms with Crippen LogP contribution < -0.4 is 0 Å². The smallest absolute Gasteiger partial charge is 0.334 e. The standard InChI is InChI=1S/C15H20O3/c1-8-4-5-11-12(8)13-10(6-7-15(11,3)17)9(2)14(16)18-13/h10-11,13,17H,2,4-7H2,1,3H3. The van der Waals surface area contributed by atoms with E-state index in [2.05, 4.69) is 13.5 Å². The number of carbonyl (C=O) groups excluding carboxylic acids is 1. The van der Waals surface area contributed by atoms with Crippen molar-refractivity contribution in [3.63, 3.8) is 0 Å². The predicted octanol–water partition coefficient (Wildman–Crippen LogP) is 2.36. The van der Waals surface area contributed by atoms with E-state index in [1.165, 1.54) is 11.1 Å². The largest absolute Gasteiger partial charge is 0.454 e. The monoisotopic (exact) mass is 248 g/mol. The Morgan fingerprint density at radius 2 is 2.17 bits per heavy atom. The van der Waals surface area contributed by atoms with Gasteiger partial charge in [-0.3, -0.25) is 0 Å². The van der Waals surface area contributed by atoms with Gasteiger partial charge in [-0.1, -0.05) is 12.2 Å². The van der Waals surface area contributed by atoms with Gasteiger partial charge < -0.3 is 9.84 Å². The number of rotatable bonds is 0. The minimum atomic E-state index is -0.676. The summed E-state index contributed by atoms with van der Waals surface area (Å²) < 4.78 is 5.53. The van der Waals surface area contributed by atoms with E-state index in [0.717, 1.165) is 19.3 Å². The fourth-order valence-electron chi connectivity index (χ4n) is 3.88. The van der Waals surface area contributed by atoms with Crippen molar-refractivity contribution in [1.29, 1.82) is 0 Å².